The number of benzene rings is 1. The predicted octanol–water partition coefficient (Wildman–Crippen LogP) is 2.80. The average Bonchev–Trinajstić information content (AvgIpc) is 3.00. The fourth-order valence-electron chi connectivity index (χ4n) is 2.50. The number of para-hydroxylation sites is 1. The van der Waals surface area contributed by atoms with E-state index in [-0.39, 0.29) is 17.7 Å². The lowest BCUT2D eigenvalue weighted by Crippen LogP contribution is -2.18. The van der Waals surface area contributed by atoms with Crippen molar-refractivity contribution in [3.05, 3.63) is 29.4 Å². The van der Waals surface area contributed by atoms with Crippen molar-refractivity contribution in [2.24, 2.45) is 0 Å². The minimum absolute atomic E-state index is 0.0290. The summed E-state index contributed by atoms with van der Waals surface area (Å²) in [6.07, 6.45) is 0.764. The molecular formula is C15H17ClN2O3. The van der Waals surface area contributed by atoms with Crippen LogP contribution >= 0.6 is 11.6 Å². The van der Waals surface area contributed by atoms with E-state index in [9.17, 15) is 4.79 Å². The Balaban J connectivity index is 1.64. The first kappa shape index (κ1) is 14.4. The molecule has 0 unspecified atom stereocenters. The van der Waals surface area contributed by atoms with Gasteiger partial charge < -0.3 is 9.47 Å². The van der Waals surface area contributed by atoms with Crippen LogP contribution in [0.25, 0.3) is 10.9 Å². The molecule has 0 radical (unpaired) electrons. The number of ether oxygens (including phenoxy) is 2. The van der Waals surface area contributed by atoms with E-state index >= 15 is 0 Å². The van der Waals surface area contributed by atoms with Gasteiger partial charge in [0.2, 0.25) is 0 Å². The fourth-order valence-corrected chi connectivity index (χ4v) is 2.75. The number of esters is 1. The number of rotatable bonds is 5. The van der Waals surface area contributed by atoms with Crippen LogP contribution in [-0.4, -0.2) is 34.1 Å². The van der Waals surface area contributed by atoms with Crippen molar-refractivity contribution in [3.63, 3.8) is 0 Å². The summed E-state index contributed by atoms with van der Waals surface area (Å²) in [7, 11) is 0. The Kier molecular flexibility index (Phi) is 3.63. The molecule has 0 spiro atoms. The maximum atomic E-state index is 10.8. The minimum atomic E-state index is -0.280. The summed E-state index contributed by atoms with van der Waals surface area (Å²) in [6.45, 7) is 4.44. The minimum Gasteiger partial charge on any atom is -0.463 e. The molecule has 1 aromatic heterocycles. The van der Waals surface area contributed by atoms with E-state index in [2.05, 4.69) is 5.10 Å². The molecule has 5 nitrogen and oxygen atoms in total. The normalized spacial score (nSPS) is 24.2. The molecule has 0 bridgehead atoms. The Morgan fingerprint density at radius 1 is 1.52 bits per heavy atom. The van der Waals surface area contributed by atoms with Gasteiger partial charge in [-0.15, -0.1) is 0 Å². The van der Waals surface area contributed by atoms with Crippen molar-refractivity contribution in [2.75, 3.05) is 6.61 Å². The summed E-state index contributed by atoms with van der Waals surface area (Å²) in [5.74, 6) is -0.280. The lowest BCUT2D eigenvalue weighted by atomic mass is 10.0. The van der Waals surface area contributed by atoms with Gasteiger partial charge >= 0.3 is 5.97 Å². The number of fused-ring (bicyclic) bond motifs is 1. The molecule has 0 aliphatic carbocycles. The number of carbonyl (C=O) groups is 1. The highest BCUT2D eigenvalue weighted by molar-refractivity contribution is 6.34. The topological polar surface area (TPSA) is 56.6 Å². The first-order valence-corrected chi connectivity index (χ1v) is 7.29. The molecule has 1 aliphatic heterocycles. The molecule has 2 aromatic rings. The lowest BCUT2D eigenvalue weighted by Gasteiger charge is -2.08. The number of nitrogens with zero attached hydrogens (tertiary/aromatic N) is 2. The number of epoxide rings is 1. The zero-order valence-electron chi connectivity index (χ0n) is 12.0. The number of aromatic nitrogens is 2. The van der Waals surface area contributed by atoms with Crippen LogP contribution < -0.4 is 0 Å². The summed E-state index contributed by atoms with van der Waals surface area (Å²) in [5.41, 5.74) is 0.762. The van der Waals surface area contributed by atoms with Gasteiger partial charge in [0.1, 0.15) is 12.7 Å². The maximum absolute atomic E-state index is 10.8. The van der Waals surface area contributed by atoms with E-state index in [1.807, 2.05) is 35.9 Å². The van der Waals surface area contributed by atoms with Crippen LogP contribution in [0.15, 0.2) is 24.3 Å². The van der Waals surface area contributed by atoms with Crippen LogP contribution in [0.1, 0.15) is 20.3 Å². The Hall–Kier alpha value is -1.59. The van der Waals surface area contributed by atoms with Crippen LogP contribution in [0, 0.1) is 0 Å². The quantitative estimate of drug-likeness (QED) is 0.629. The molecule has 2 atom stereocenters. The molecule has 1 saturated heterocycles. The number of carbonyl (C=O) groups excluding carboxylic acids is 1. The summed E-state index contributed by atoms with van der Waals surface area (Å²) in [4.78, 5) is 10.8. The standard InChI is InChI=1S/C15H17ClN2O3/c1-10(19)20-9-13-15(2,21-13)7-8-18-12-6-4-3-5-11(12)14(16)17-18/h3-6,13H,7-9H2,1-2H3/t13-,15-/m1/s1. The Morgan fingerprint density at radius 2 is 2.29 bits per heavy atom. The Labute approximate surface area is 127 Å². The van der Waals surface area contributed by atoms with Crippen molar-refractivity contribution in [1.82, 2.24) is 9.78 Å². The largest absolute Gasteiger partial charge is 0.463 e. The van der Waals surface area contributed by atoms with E-state index in [4.69, 9.17) is 21.1 Å². The van der Waals surface area contributed by atoms with Crippen LogP contribution in [-0.2, 0) is 20.8 Å². The average molecular weight is 309 g/mol. The van der Waals surface area contributed by atoms with E-state index in [1.54, 1.807) is 0 Å². The maximum Gasteiger partial charge on any atom is 0.302 e. The van der Waals surface area contributed by atoms with Crippen molar-refractivity contribution in [3.8, 4) is 0 Å². The van der Waals surface area contributed by atoms with Crippen molar-refractivity contribution in [2.45, 2.75) is 38.5 Å². The van der Waals surface area contributed by atoms with E-state index in [0.717, 1.165) is 17.3 Å². The van der Waals surface area contributed by atoms with Gasteiger partial charge in [-0.05, 0) is 25.5 Å². The van der Waals surface area contributed by atoms with Crippen LogP contribution in [0.2, 0.25) is 5.15 Å². The zero-order chi connectivity index (χ0) is 15.0. The molecule has 21 heavy (non-hydrogen) atoms. The molecule has 1 fully saturated rings. The Bertz CT molecular complexity index is 685. The summed E-state index contributed by atoms with van der Waals surface area (Å²) in [6, 6.07) is 7.87. The van der Waals surface area contributed by atoms with E-state index in [1.165, 1.54) is 6.92 Å². The fraction of sp³-hybridized carbons (Fsp3) is 0.467. The highest BCUT2D eigenvalue weighted by Crippen LogP contribution is 2.40. The third-order valence-corrected chi connectivity index (χ3v) is 4.19. The van der Waals surface area contributed by atoms with Crippen LogP contribution in [0.3, 0.4) is 0 Å². The van der Waals surface area contributed by atoms with Gasteiger partial charge in [0.25, 0.3) is 0 Å². The number of aryl methyl sites for hydroxylation is 1. The van der Waals surface area contributed by atoms with Crippen molar-refractivity contribution >= 4 is 28.5 Å². The molecule has 6 heteroatoms. The Morgan fingerprint density at radius 3 is 3.05 bits per heavy atom. The van der Waals surface area contributed by atoms with Crippen molar-refractivity contribution in [1.29, 1.82) is 0 Å². The van der Waals surface area contributed by atoms with Gasteiger partial charge in [0, 0.05) is 18.9 Å². The molecular weight excluding hydrogens is 292 g/mol. The molecule has 2 heterocycles. The van der Waals surface area contributed by atoms with Gasteiger partial charge in [0.15, 0.2) is 5.15 Å². The SMILES string of the molecule is CC(=O)OC[C@H]1O[C@]1(C)CCn1nc(Cl)c2ccccc21. The van der Waals surface area contributed by atoms with Gasteiger partial charge in [-0.2, -0.15) is 5.10 Å². The number of halogens is 1. The summed E-state index contributed by atoms with van der Waals surface area (Å²) in [5, 5.41) is 5.83. The third-order valence-electron chi connectivity index (χ3n) is 3.91. The van der Waals surface area contributed by atoms with Crippen LogP contribution in [0.5, 0.6) is 0 Å². The molecule has 0 amide bonds. The second kappa shape index (κ2) is 5.31. The number of hydrogen-bond donors (Lipinski definition) is 0. The van der Waals surface area contributed by atoms with E-state index in [0.29, 0.717) is 18.3 Å². The van der Waals surface area contributed by atoms with E-state index < -0.39 is 0 Å². The lowest BCUT2D eigenvalue weighted by molar-refractivity contribution is -0.141. The molecule has 1 aliphatic rings. The van der Waals surface area contributed by atoms with Crippen LogP contribution in [0.4, 0.5) is 0 Å². The van der Waals surface area contributed by atoms with Gasteiger partial charge in [0.05, 0.1) is 11.1 Å². The molecule has 112 valence electrons. The second-order valence-corrected chi connectivity index (χ2v) is 5.86. The smallest absolute Gasteiger partial charge is 0.302 e. The highest BCUT2D eigenvalue weighted by Gasteiger charge is 2.52. The molecule has 0 saturated carbocycles. The van der Waals surface area contributed by atoms with Gasteiger partial charge in [-0.3, -0.25) is 9.48 Å². The second-order valence-electron chi connectivity index (χ2n) is 5.50. The third kappa shape index (κ3) is 2.89. The zero-order valence-corrected chi connectivity index (χ0v) is 12.8. The van der Waals surface area contributed by atoms with Gasteiger partial charge in [-0.1, -0.05) is 23.7 Å². The van der Waals surface area contributed by atoms with Gasteiger partial charge in [-0.25, -0.2) is 0 Å². The first-order valence-electron chi connectivity index (χ1n) is 6.92. The summed E-state index contributed by atoms with van der Waals surface area (Å²) >= 11 is 6.14. The predicted molar refractivity (Wildman–Crippen MR) is 79.3 cm³/mol. The summed E-state index contributed by atoms with van der Waals surface area (Å²) < 4.78 is 12.5. The monoisotopic (exact) mass is 308 g/mol. The molecule has 0 N–H and O–H groups in total. The first-order chi connectivity index (χ1) is 9.99. The van der Waals surface area contributed by atoms with Crippen molar-refractivity contribution < 1.29 is 14.3 Å². The molecule has 3 rings (SSSR count). The molecule has 1 aromatic carbocycles. The number of hydrogen-bond acceptors (Lipinski definition) is 4. The highest BCUT2D eigenvalue weighted by atomic mass is 35.5.